The van der Waals surface area contributed by atoms with Gasteiger partial charge in [0.25, 0.3) is 0 Å². The molecule has 0 fully saturated rings. The molecule has 0 N–H and O–H groups in total. The van der Waals surface area contributed by atoms with Crippen molar-refractivity contribution in [3.63, 3.8) is 0 Å². The van der Waals surface area contributed by atoms with Crippen LogP contribution in [0, 0.1) is 6.92 Å². The second-order valence-electron chi connectivity index (χ2n) is 3.56. The van der Waals surface area contributed by atoms with Crippen LogP contribution < -0.4 is 4.74 Å². The smallest absolute Gasteiger partial charge is 0.308 e. The fraction of sp³-hybridized carbons (Fsp3) is 0.133. The van der Waals surface area contributed by atoms with Gasteiger partial charge in [-0.3, -0.25) is 4.79 Å². The number of rotatable bonds is 1. The van der Waals surface area contributed by atoms with Crippen molar-refractivity contribution in [1.82, 2.24) is 0 Å². The third-order valence-corrected chi connectivity index (χ3v) is 1.95. The van der Waals surface area contributed by atoms with Crippen LogP contribution in [0.3, 0.4) is 0 Å². The molecule has 0 saturated carbocycles. The van der Waals surface area contributed by atoms with Gasteiger partial charge in [0.15, 0.2) is 0 Å². The van der Waals surface area contributed by atoms with Crippen molar-refractivity contribution < 1.29 is 9.53 Å². The van der Waals surface area contributed by atoms with E-state index in [-0.39, 0.29) is 5.97 Å². The Balaban J connectivity index is 0.000000181. The number of carbonyl (C=O) groups excluding carboxylic acids is 1. The Morgan fingerprint density at radius 2 is 1.35 bits per heavy atom. The molecule has 0 aliphatic carbocycles. The minimum Gasteiger partial charge on any atom is -0.427 e. The summed E-state index contributed by atoms with van der Waals surface area (Å²) in [6, 6.07) is 19.2. The van der Waals surface area contributed by atoms with Crippen molar-refractivity contribution in [3.05, 3.63) is 66.2 Å². The number of esters is 1. The molecule has 0 aromatic heterocycles. The topological polar surface area (TPSA) is 26.3 Å². The molecular weight excluding hydrogens is 212 g/mol. The molecule has 0 aliphatic heterocycles. The first-order valence-corrected chi connectivity index (χ1v) is 5.43. The van der Waals surface area contributed by atoms with E-state index in [1.165, 1.54) is 12.5 Å². The Bertz CT molecular complexity index is 435. The van der Waals surface area contributed by atoms with Crippen molar-refractivity contribution in [2.45, 2.75) is 13.8 Å². The van der Waals surface area contributed by atoms with Crippen LogP contribution in [0.4, 0.5) is 0 Å². The van der Waals surface area contributed by atoms with Gasteiger partial charge < -0.3 is 4.74 Å². The fourth-order valence-corrected chi connectivity index (χ4v) is 1.19. The van der Waals surface area contributed by atoms with Gasteiger partial charge in [-0.15, -0.1) is 0 Å². The number of benzene rings is 2. The monoisotopic (exact) mass is 228 g/mol. The summed E-state index contributed by atoms with van der Waals surface area (Å²) in [6.07, 6.45) is 0. The van der Waals surface area contributed by atoms with Crippen molar-refractivity contribution in [2.24, 2.45) is 0 Å². The molecule has 0 aliphatic rings. The average molecular weight is 228 g/mol. The molecule has 0 saturated heterocycles. The van der Waals surface area contributed by atoms with Gasteiger partial charge in [0, 0.05) is 6.92 Å². The number of para-hydroxylation sites is 1. The SMILES string of the molecule is CC(=O)Oc1ccccc1.Cc1ccccc1. The summed E-state index contributed by atoms with van der Waals surface area (Å²) >= 11 is 0. The Labute approximate surface area is 102 Å². The molecule has 0 unspecified atom stereocenters. The zero-order valence-electron chi connectivity index (χ0n) is 10.1. The van der Waals surface area contributed by atoms with E-state index >= 15 is 0 Å². The van der Waals surface area contributed by atoms with Crippen LogP contribution >= 0.6 is 0 Å². The zero-order valence-corrected chi connectivity index (χ0v) is 10.1. The molecule has 0 spiro atoms. The van der Waals surface area contributed by atoms with Gasteiger partial charge in [0.05, 0.1) is 0 Å². The highest BCUT2D eigenvalue weighted by atomic mass is 16.5. The second-order valence-corrected chi connectivity index (χ2v) is 3.56. The highest BCUT2D eigenvalue weighted by Crippen LogP contribution is 2.07. The molecule has 2 nitrogen and oxygen atoms in total. The Morgan fingerprint density at radius 1 is 0.882 bits per heavy atom. The molecule has 2 aromatic rings. The van der Waals surface area contributed by atoms with Gasteiger partial charge in [-0.25, -0.2) is 0 Å². The summed E-state index contributed by atoms with van der Waals surface area (Å²) < 4.78 is 4.78. The van der Waals surface area contributed by atoms with Crippen molar-refractivity contribution in [1.29, 1.82) is 0 Å². The highest BCUT2D eigenvalue weighted by molar-refractivity contribution is 5.69. The molecule has 0 amide bonds. The lowest BCUT2D eigenvalue weighted by Crippen LogP contribution is -2.00. The number of ether oxygens (including phenoxy) is 1. The molecule has 2 heteroatoms. The Kier molecular flexibility index (Phi) is 5.52. The summed E-state index contributed by atoms with van der Waals surface area (Å²) in [5, 5.41) is 0. The van der Waals surface area contributed by atoms with Crippen LogP contribution in [0.2, 0.25) is 0 Å². The van der Waals surface area contributed by atoms with Gasteiger partial charge in [0.2, 0.25) is 0 Å². The molecule has 88 valence electrons. The highest BCUT2D eigenvalue weighted by Gasteiger charge is 1.92. The fourth-order valence-electron chi connectivity index (χ4n) is 1.19. The maximum atomic E-state index is 10.4. The van der Waals surface area contributed by atoms with Crippen LogP contribution in [0.25, 0.3) is 0 Å². The molecular formula is C15H16O2. The van der Waals surface area contributed by atoms with Crippen LogP contribution in [-0.4, -0.2) is 5.97 Å². The molecule has 2 aromatic carbocycles. The van der Waals surface area contributed by atoms with Crippen LogP contribution in [-0.2, 0) is 4.79 Å². The lowest BCUT2D eigenvalue weighted by molar-refractivity contribution is -0.131. The van der Waals surface area contributed by atoms with Crippen molar-refractivity contribution in [3.8, 4) is 5.75 Å². The molecule has 0 bridgehead atoms. The minimum absolute atomic E-state index is 0.286. The maximum absolute atomic E-state index is 10.4. The molecule has 0 heterocycles. The third-order valence-electron chi connectivity index (χ3n) is 1.95. The van der Waals surface area contributed by atoms with E-state index in [1.54, 1.807) is 12.1 Å². The van der Waals surface area contributed by atoms with Crippen molar-refractivity contribution in [2.75, 3.05) is 0 Å². The van der Waals surface area contributed by atoms with Gasteiger partial charge in [-0.1, -0.05) is 54.1 Å². The summed E-state index contributed by atoms with van der Waals surface area (Å²) in [5.41, 5.74) is 1.32. The predicted octanol–water partition coefficient (Wildman–Crippen LogP) is 3.61. The first-order valence-electron chi connectivity index (χ1n) is 5.43. The Morgan fingerprint density at radius 3 is 1.71 bits per heavy atom. The van der Waals surface area contributed by atoms with E-state index in [0.29, 0.717) is 5.75 Å². The summed E-state index contributed by atoms with van der Waals surface area (Å²) in [6.45, 7) is 3.47. The van der Waals surface area contributed by atoms with Gasteiger partial charge in [-0.05, 0) is 19.1 Å². The Hall–Kier alpha value is -2.09. The quantitative estimate of drug-likeness (QED) is 0.550. The number of aryl methyl sites for hydroxylation is 1. The normalized spacial score (nSPS) is 8.82. The second kappa shape index (κ2) is 7.23. The lowest BCUT2D eigenvalue weighted by atomic mass is 10.2. The van der Waals surface area contributed by atoms with E-state index in [1.807, 2.05) is 36.4 Å². The number of carbonyl (C=O) groups is 1. The number of hydrogen-bond acceptors (Lipinski definition) is 2. The summed E-state index contributed by atoms with van der Waals surface area (Å²) in [5.74, 6) is 0.307. The first kappa shape index (κ1) is 13.0. The summed E-state index contributed by atoms with van der Waals surface area (Å²) in [7, 11) is 0. The minimum atomic E-state index is -0.286. The average Bonchev–Trinajstić information content (AvgIpc) is 2.31. The zero-order chi connectivity index (χ0) is 12.5. The number of hydrogen-bond donors (Lipinski definition) is 0. The molecule has 0 radical (unpaired) electrons. The van der Waals surface area contributed by atoms with E-state index in [9.17, 15) is 4.79 Å². The third kappa shape index (κ3) is 6.15. The first-order chi connectivity index (χ1) is 8.18. The van der Waals surface area contributed by atoms with Crippen LogP contribution in [0.1, 0.15) is 12.5 Å². The van der Waals surface area contributed by atoms with Crippen LogP contribution in [0.15, 0.2) is 60.7 Å². The van der Waals surface area contributed by atoms with Gasteiger partial charge >= 0.3 is 5.97 Å². The van der Waals surface area contributed by atoms with Gasteiger partial charge in [0.1, 0.15) is 5.75 Å². The lowest BCUT2D eigenvalue weighted by Gasteiger charge is -1.97. The van der Waals surface area contributed by atoms with Gasteiger partial charge in [-0.2, -0.15) is 0 Å². The van der Waals surface area contributed by atoms with E-state index in [4.69, 9.17) is 4.74 Å². The molecule has 0 atom stereocenters. The maximum Gasteiger partial charge on any atom is 0.308 e. The van der Waals surface area contributed by atoms with Crippen molar-refractivity contribution >= 4 is 5.97 Å². The van der Waals surface area contributed by atoms with Crippen LogP contribution in [0.5, 0.6) is 5.75 Å². The largest absolute Gasteiger partial charge is 0.427 e. The molecule has 17 heavy (non-hydrogen) atoms. The van der Waals surface area contributed by atoms with E-state index < -0.39 is 0 Å². The molecule has 2 rings (SSSR count). The predicted molar refractivity (Wildman–Crippen MR) is 68.9 cm³/mol. The van der Waals surface area contributed by atoms with E-state index in [2.05, 4.69) is 19.1 Å². The standard InChI is InChI=1S/C8H8O2.C7H8/c1-7(9)10-8-5-3-2-4-6-8;1-7-5-3-2-4-6-7/h2-6H,1H3;2-6H,1H3. The van der Waals surface area contributed by atoms with E-state index in [0.717, 1.165) is 0 Å². The summed E-state index contributed by atoms with van der Waals surface area (Å²) in [4.78, 5) is 10.4.